The minimum absolute atomic E-state index is 0. The largest absolute Gasteiger partial charge is 1.00 e. The Morgan fingerprint density at radius 2 is 1.70 bits per heavy atom. The van der Waals surface area contributed by atoms with Gasteiger partial charge in [-0.25, -0.2) is 0 Å². The zero-order valence-corrected chi connectivity index (χ0v) is 7.69. The van der Waals surface area contributed by atoms with Crippen LogP contribution in [0.2, 0.25) is 0 Å². The number of rotatable bonds is 5. The van der Waals surface area contributed by atoms with E-state index in [2.05, 4.69) is 25.9 Å². The average Bonchev–Trinajstić information content (AvgIpc) is 1.80. The van der Waals surface area contributed by atoms with Crippen molar-refractivity contribution in [3.8, 4) is 0 Å². The van der Waals surface area contributed by atoms with Gasteiger partial charge in [0.15, 0.2) is 0 Å². The summed E-state index contributed by atoms with van der Waals surface area (Å²) in [7, 11) is 4.23. The maximum absolute atomic E-state index is 3.79. The van der Waals surface area contributed by atoms with Crippen LogP contribution in [0.25, 0.3) is 0 Å². The molecule has 0 aromatic carbocycles. The van der Waals surface area contributed by atoms with Crippen molar-refractivity contribution in [3.63, 3.8) is 0 Å². The second kappa shape index (κ2) is 9.56. The van der Waals surface area contributed by atoms with Crippen LogP contribution in [0.15, 0.2) is 0 Å². The van der Waals surface area contributed by atoms with Gasteiger partial charge in [-0.1, -0.05) is 12.8 Å². The molecular formula is C8H18LiN. The van der Waals surface area contributed by atoms with Crippen molar-refractivity contribution in [2.24, 2.45) is 0 Å². The van der Waals surface area contributed by atoms with Crippen LogP contribution in [0.5, 0.6) is 0 Å². The van der Waals surface area contributed by atoms with Crippen molar-refractivity contribution in [1.82, 2.24) is 4.90 Å². The van der Waals surface area contributed by atoms with Crippen LogP contribution in [0.1, 0.15) is 25.7 Å². The molecule has 0 aliphatic heterocycles. The van der Waals surface area contributed by atoms with Crippen molar-refractivity contribution >= 4 is 0 Å². The van der Waals surface area contributed by atoms with Crippen LogP contribution in [0.3, 0.4) is 0 Å². The molecule has 0 heterocycles. The molecule has 10 heavy (non-hydrogen) atoms. The fourth-order valence-corrected chi connectivity index (χ4v) is 0.782. The summed E-state index contributed by atoms with van der Waals surface area (Å²) in [6.07, 6.45) is 5.03. The molecule has 0 amide bonds. The summed E-state index contributed by atoms with van der Waals surface area (Å²) in [5.41, 5.74) is 0. The molecule has 0 fully saturated rings. The first kappa shape index (κ1) is 13.2. The summed E-state index contributed by atoms with van der Waals surface area (Å²) in [6, 6.07) is 0. The molecule has 0 atom stereocenters. The van der Waals surface area contributed by atoms with Gasteiger partial charge in [0.2, 0.25) is 0 Å². The molecular weight excluding hydrogens is 117 g/mol. The Morgan fingerprint density at radius 1 is 1.10 bits per heavy atom. The van der Waals surface area contributed by atoms with Crippen LogP contribution in [-0.4, -0.2) is 25.5 Å². The predicted octanol–water partition coefficient (Wildman–Crippen LogP) is -1.05. The monoisotopic (exact) mass is 135 g/mol. The molecule has 1 nitrogen and oxygen atoms in total. The van der Waals surface area contributed by atoms with Gasteiger partial charge in [0.05, 0.1) is 0 Å². The van der Waals surface area contributed by atoms with E-state index in [1.807, 2.05) is 0 Å². The second-order valence-electron chi connectivity index (χ2n) is 2.72. The SMILES string of the molecule is [CH2-]CCCCCN(C)C.[Li+]. The average molecular weight is 135 g/mol. The van der Waals surface area contributed by atoms with Gasteiger partial charge in [0.1, 0.15) is 0 Å². The van der Waals surface area contributed by atoms with Crippen molar-refractivity contribution in [2.75, 3.05) is 20.6 Å². The van der Waals surface area contributed by atoms with Crippen molar-refractivity contribution in [2.45, 2.75) is 25.7 Å². The zero-order chi connectivity index (χ0) is 7.11. The van der Waals surface area contributed by atoms with E-state index in [4.69, 9.17) is 0 Å². The van der Waals surface area contributed by atoms with Gasteiger partial charge in [-0.05, 0) is 27.1 Å². The topological polar surface area (TPSA) is 3.24 Å². The van der Waals surface area contributed by atoms with E-state index in [1.165, 1.54) is 25.8 Å². The van der Waals surface area contributed by atoms with Crippen molar-refractivity contribution in [3.05, 3.63) is 6.92 Å². The third-order valence-electron chi connectivity index (χ3n) is 1.36. The summed E-state index contributed by atoms with van der Waals surface area (Å²) in [6.45, 7) is 5.01. The standard InChI is InChI=1S/C8H18N.Li/c1-4-5-6-7-8-9(2)3;/h1,4-8H2,2-3H3;/q-1;+1. The van der Waals surface area contributed by atoms with E-state index in [9.17, 15) is 0 Å². The fourth-order valence-electron chi connectivity index (χ4n) is 0.782. The number of hydrogen-bond acceptors (Lipinski definition) is 1. The molecule has 0 saturated carbocycles. The van der Waals surface area contributed by atoms with Crippen LogP contribution < -0.4 is 18.9 Å². The minimum atomic E-state index is 0. The van der Waals surface area contributed by atoms with E-state index in [1.54, 1.807) is 0 Å². The first-order chi connectivity index (χ1) is 4.27. The molecule has 0 spiro atoms. The Labute approximate surface area is 77.4 Å². The quantitative estimate of drug-likeness (QED) is 0.264. The van der Waals surface area contributed by atoms with Gasteiger partial charge >= 0.3 is 18.9 Å². The van der Waals surface area contributed by atoms with Gasteiger partial charge in [-0.2, -0.15) is 6.42 Å². The maximum Gasteiger partial charge on any atom is 1.00 e. The number of hydrogen-bond donors (Lipinski definition) is 0. The molecule has 2 heteroatoms. The van der Waals surface area contributed by atoms with Gasteiger partial charge < -0.3 is 11.8 Å². The van der Waals surface area contributed by atoms with Crippen LogP contribution in [0, 0.1) is 6.92 Å². The van der Waals surface area contributed by atoms with E-state index < -0.39 is 0 Å². The molecule has 0 saturated heterocycles. The molecule has 0 bridgehead atoms. The van der Waals surface area contributed by atoms with Gasteiger partial charge in [-0.3, -0.25) is 0 Å². The fraction of sp³-hybridized carbons (Fsp3) is 0.875. The van der Waals surface area contributed by atoms with Crippen LogP contribution >= 0.6 is 0 Å². The molecule has 0 N–H and O–H groups in total. The third kappa shape index (κ3) is 11.4. The molecule has 0 aliphatic rings. The van der Waals surface area contributed by atoms with Crippen LogP contribution in [0.4, 0.5) is 0 Å². The smallest absolute Gasteiger partial charge is 0.343 e. The minimum Gasteiger partial charge on any atom is -0.343 e. The van der Waals surface area contributed by atoms with E-state index in [0.29, 0.717) is 0 Å². The van der Waals surface area contributed by atoms with Gasteiger partial charge in [0, 0.05) is 0 Å². The Hall–Kier alpha value is 0.557. The molecule has 0 aromatic rings. The molecule has 56 valence electrons. The summed E-state index contributed by atoms with van der Waals surface area (Å²) in [5, 5.41) is 0. The van der Waals surface area contributed by atoms with E-state index in [0.717, 1.165) is 6.42 Å². The maximum atomic E-state index is 3.79. The summed E-state index contributed by atoms with van der Waals surface area (Å²) < 4.78 is 0. The molecule has 0 aromatic heterocycles. The van der Waals surface area contributed by atoms with Crippen molar-refractivity contribution < 1.29 is 18.9 Å². The molecule has 0 unspecified atom stereocenters. The van der Waals surface area contributed by atoms with Gasteiger partial charge in [-0.15, -0.1) is 0 Å². The Balaban J connectivity index is 0. The molecule has 0 aliphatic carbocycles. The first-order valence-electron chi connectivity index (χ1n) is 3.71. The molecule has 0 rings (SSSR count). The Bertz CT molecular complexity index is 55.2. The van der Waals surface area contributed by atoms with Crippen LogP contribution in [-0.2, 0) is 0 Å². The summed E-state index contributed by atoms with van der Waals surface area (Å²) in [5.74, 6) is 0. The summed E-state index contributed by atoms with van der Waals surface area (Å²) >= 11 is 0. The number of unbranched alkanes of at least 4 members (excludes halogenated alkanes) is 3. The Morgan fingerprint density at radius 3 is 2.10 bits per heavy atom. The van der Waals surface area contributed by atoms with E-state index in [-0.39, 0.29) is 18.9 Å². The second-order valence-corrected chi connectivity index (χ2v) is 2.72. The number of nitrogens with zero attached hydrogens (tertiary/aromatic N) is 1. The first-order valence-corrected chi connectivity index (χ1v) is 3.71. The Kier molecular flexibility index (Phi) is 12.6. The predicted molar refractivity (Wildman–Crippen MR) is 42.4 cm³/mol. The summed E-state index contributed by atoms with van der Waals surface area (Å²) in [4.78, 5) is 2.23. The van der Waals surface area contributed by atoms with E-state index >= 15 is 0 Å². The third-order valence-corrected chi connectivity index (χ3v) is 1.36. The van der Waals surface area contributed by atoms with Crippen molar-refractivity contribution in [1.29, 1.82) is 0 Å². The zero-order valence-electron chi connectivity index (χ0n) is 7.69. The van der Waals surface area contributed by atoms with Gasteiger partial charge in [0.25, 0.3) is 0 Å². The normalized spacial score (nSPS) is 9.60. The molecule has 0 radical (unpaired) electrons.